The van der Waals surface area contributed by atoms with Crippen LogP contribution >= 0.6 is 27.5 Å². The predicted octanol–water partition coefficient (Wildman–Crippen LogP) is 4.19. The first kappa shape index (κ1) is 14.5. The molecule has 0 bridgehead atoms. The minimum Gasteiger partial charge on any atom is -0.0832 e. The first-order chi connectivity index (χ1) is 7.05. The van der Waals surface area contributed by atoms with Crippen LogP contribution < -0.4 is 10.4 Å². The lowest BCUT2D eigenvalue weighted by atomic mass is 10.3. The van der Waals surface area contributed by atoms with E-state index in [0.29, 0.717) is 0 Å². The Bertz CT molecular complexity index is 364. The molecule has 0 saturated heterocycles. The third kappa shape index (κ3) is 3.00. The third-order valence-corrected chi connectivity index (χ3v) is 8.73. The smallest absolute Gasteiger partial charge is 0.0796 e. The zero-order chi connectivity index (χ0) is 12.7. The molecule has 0 saturated carbocycles. The Kier molecular flexibility index (Phi) is 4.16. The van der Waals surface area contributed by atoms with Gasteiger partial charge in [0.05, 0.1) is 21.2 Å². The van der Waals surface area contributed by atoms with Gasteiger partial charge in [-0.25, -0.2) is 0 Å². The summed E-state index contributed by atoms with van der Waals surface area (Å²) in [5.41, 5.74) is 0. The van der Waals surface area contributed by atoms with Crippen molar-refractivity contribution in [1.29, 1.82) is 0 Å². The van der Waals surface area contributed by atoms with Gasteiger partial charge in [-0.05, 0) is 26.3 Å². The SMILES string of the molecule is C[Si](C)(C)c1ccc([Si](C)(C)C)c(Br)c1Cl. The van der Waals surface area contributed by atoms with Crippen LogP contribution in [0.25, 0.3) is 0 Å². The summed E-state index contributed by atoms with van der Waals surface area (Å²) in [6.45, 7) is 14.0. The van der Waals surface area contributed by atoms with Gasteiger partial charge in [0.15, 0.2) is 0 Å². The van der Waals surface area contributed by atoms with E-state index in [1.54, 1.807) is 0 Å². The van der Waals surface area contributed by atoms with Gasteiger partial charge >= 0.3 is 0 Å². The van der Waals surface area contributed by atoms with Crippen molar-refractivity contribution in [3.05, 3.63) is 21.6 Å². The van der Waals surface area contributed by atoms with Crippen molar-refractivity contribution in [2.75, 3.05) is 0 Å². The summed E-state index contributed by atoms with van der Waals surface area (Å²) in [5, 5.41) is 3.71. The van der Waals surface area contributed by atoms with Gasteiger partial charge in [0.2, 0.25) is 0 Å². The van der Waals surface area contributed by atoms with Gasteiger partial charge in [-0.1, -0.05) is 63.0 Å². The highest BCUT2D eigenvalue weighted by molar-refractivity contribution is 9.10. The molecular formula is C12H20BrClSi2. The lowest BCUT2D eigenvalue weighted by molar-refractivity contribution is 1.63. The van der Waals surface area contributed by atoms with E-state index in [2.05, 4.69) is 67.3 Å². The van der Waals surface area contributed by atoms with Gasteiger partial charge in [-0.15, -0.1) is 0 Å². The standard InChI is InChI=1S/C12H20BrClSi2/c1-15(2,3)9-7-8-10(16(4,5)6)12(14)11(9)13/h7-8H,1-6H3. The maximum atomic E-state index is 6.50. The number of rotatable bonds is 2. The summed E-state index contributed by atoms with van der Waals surface area (Å²) < 4.78 is 1.13. The molecule has 0 aliphatic rings. The summed E-state index contributed by atoms with van der Waals surface area (Å²) in [5.74, 6) is 0. The molecule has 16 heavy (non-hydrogen) atoms. The first-order valence-corrected chi connectivity index (χ1v) is 13.7. The second-order valence-electron chi connectivity index (χ2n) is 6.29. The van der Waals surface area contributed by atoms with Crippen LogP contribution in [0.1, 0.15) is 0 Å². The monoisotopic (exact) mass is 334 g/mol. The molecule has 0 heterocycles. The van der Waals surface area contributed by atoms with Crippen molar-refractivity contribution in [3.8, 4) is 0 Å². The Labute approximate surface area is 115 Å². The quantitative estimate of drug-likeness (QED) is 0.711. The molecule has 1 rings (SSSR count). The van der Waals surface area contributed by atoms with E-state index in [1.807, 2.05) is 0 Å². The van der Waals surface area contributed by atoms with E-state index < -0.39 is 16.1 Å². The molecule has 0 aliphatic carbocycles. The van der Waals surface area contributed by atoms with E-state index in [0.717, 1.165) is 9.50 Å². The Morgan fingerprint density at radius 1 is 0.875 bits per heavy atom. The number of hydrogen-bond donors (Lipinski definition) is 0. The Morgan fingerprint density at radius 2 is 1.25 bits per heavy atom. The summed E-state index contributed by atoms with van der Waals surface area (Å²) in [4.78, 5) is 0. The fraction of sp³-hybridized carbons (Fsp3) is 0.500. The molecule has 0 amide bonds. The molecule has 0 unspecified atom stereocenters. The predicted molar refractivity (Wildman–Crippen MR) is 85.1 cm³/mol. The highest BCUT2D eigenvalue weighted by atomic mass is 79.9. The number of hydrogen-bond acceptors (Lipinski definition) is 0. The third-order valence-electron chi connectivity index (χ3n) is 2.70. The van der Waals surface area contributed by atoms with E-state index in [-0.39, 0.29) is 0 Å². The summed E-state index contributed by atoms with van der Waals surface area (Å²) >= 11 is 10.2. The van der Waals surface area contributed by atoms with Crippen LogP contribution in [-0.4, -0.2) is 16.1 Å². The van der Waals surface area contributed by atoms with Crippen LogP contribution in [0, 0.1) is 0 Å². The van der Waals surface area contributed by atoms with Crippen molar-refractivity contribution in [2.45, 2.75) is 39.3 Å². The van der Waals surface area contributed by atoms with E-state index in [9.17, 15) is 0 Å². The molecule has 0 aromatic heterocycles. The highest BCUT2D eigenvalue weighted by Crippen LogP contribution is 2.23. The van der Waals surface area contributed by atoms with Crippen LogP contribution in [0.2, 0.25) is 44.3 Å². The zero-order valence-corrected chi connectivity index (χ0v) is 15.3. The molecule has 0 atom stereocenters. The maximum absolute atomic E-state index is 6.50. The molecule has 0 nitrogen and oxygen atoms in total. The van der Waals surface area contributed by atoms with Gasteiger partial charge < -0.3 is 0 Å². The average molecular weight is 336 g/mol. The van der Waals surface area contributed by atoms with E-state index >= 15 is 0 Å². The minimum absolute atomic E-state index is 0.944. The van der Waals surface area contributed by atoms with Crippen LogP contribution in [0.4, 0.5) is 0 Å². The molecular weight excluding hydrogens is 316 g/mol. The van der Waals surface area contributed by atoms with Crippen LogP contribution in [0.15, 0.2) is 16.6 Å². The van der Waals surface area contributed by atoms with Crippen molar-refractivity contribution < 1.29 is 0 Å². The lowest BCUT2D eigenvalue weighted by Crippen LogP contribution is -2.44. The van der Waals surface area contributed by atoms with E-state index in [1.165, 1.54) is 10.4 Å². The van der Waals surface area contributed by atoms with Gasteiger partial charge in [-0.2, -0.15) is 0 Å². The minimum atomic E-state index is -1.34. The van der Waals surface area contributed by atoms with Gasteiger partial charge in [0.25, 0.3) is 0 Å². The largest absolute Gasteiger partial charge is 0.0832 e. The van der Waals surface area contributed by atoms with Crippen LogP contribution in [0.5, 0.6) is 0 Å². The van der Waals surface area contributed by atoms with Crippen molar-refractivity contribution >= 4 is 54.1 Å². The van der Waals surface area contributed by atoms with Crippen molar-refractivity contribution in [2.24, 2.45) is 0 Å². The number of halogens is 2. The Morgan fingerprint density at radius 3 is 1.62 bits per heavy atom. The topological polar surface area (TPSA) is 0 Å². The van der Waals surface area contributed by atoms with Crippen LogP contribution in [-0.2, 0) is 0 Å². The lowest BCUT2D eigenvalue weighted by Gasteiger charge is -2.24. The zero-order valence-electron chi connectivity index (χ0n) is 10.9. The average Bonchev–Trinajstić information content (AvgIpc) is 2.05. The van der Waals surface area contributed by atoms with Crippen molar-refractivity contribution in [1.82, 2.24) is 0 Å². The second-order valence-corrected chi connectivity index (χ2v) is 17.5. The molecule has 90 valence electrons. The molecule has 1 aromatic carbocycles. The Balaban J connectivity index is 3.41. The van der Waals surface area contributed by atoms with Crippen molar-refractivity contribution in [3.63, 3.8) is 0 Å². The molecule has 4 heteroatoms. The molecule has 0 N–H and O–H groups in total. The first-order valence-electron chi connectivity index (χ1n) is 5.54. The fourth-order valence-electron chi connectivity index (χ4n) is 1.71. The second kappa shape index (κ2) is 4.60. The fourth-order valence-corrected chi connectivity index (χ4v) is 7.85. The molecule has 0 aliphatic heterocycles. The molecule has 1 aromatic rings. The number of benzene rings is 1. The highest BCUT2D eigenvalue weighted by Gasteiger charge is 2.26. The van der Waals surface area contributed by atoms with E-state index in [4.69, 9.17) is 11.6 Å². The summed E-state index contributed by atoms with van der Waals surface area (Å²) in [7, 11) is -2.64. The van der Waals surface area contributed by atoms with Gasteiger partial charge in [0.1, 0.15) is 0 Å². The summed E-state index contributed by atoms with van der Waals surface area (Å²) in [6.07, 6.45) is 0. The Hall–Kier alpha value is 0.424. The van der Waals surface area contributed by atoms with Crippen LogP contribution in [0.3, 0.4) is 0 Å². The molecule has 0 radical (unpaired) electrons. The normalized spacial score (nSPS) is 13.0. The molecule has 0 spiro atoms. The summed E-state index contributed by atoms with van der Waals surface area (Å²) in [6, 6.07) is 4.52. The maximum Gasteiger partial charge on any atom is 0.0796 e. The van der Waals surface area contributed by atoms with Gasteiger partial charge in [0, 0.05) is 4.47 Å². The molecule has 0 fully saturated rings. The van der Waals surface area contributed by atoms with Gasteiger partial charge in [-0.3, -0.25) is 0 Å².